The van der Waals surface area contributed by atoms with Crippen molar-refractivity contribution in [1.82, 2.24) is 0 Å². The predicted molar refractivity (Wildman–Crippen MR) is 153 cm³/mol. The third-order valence-corrected chi connectivity index (χ3v) is 8.11. The molecule has 0 heterocycles. The molecule has 0 aliphatic rings. The third kappa shape index (κ3) is 6.68. The van der Waals surface area contributed by atoms with Gasteiger partial charge in [-0.3, -0.25) is 4.48 Å². The highest BCUT2D eigenvalue weighted by Gasteiger charge is 2.53. The molecule has 0 unspecified atom stereocenters. The summed E-state index contributed by atoms with van der Waals surface area (Å²) < 4.78 is 33.5. The summed E-state index contributed by atoms with van der Waals surface area (Å²) in [5.74, 6) is 0. The van der Waals surface area contributed by atoms with E-state index in [1.54, 1.807) is 0 Å². The first-order chi connectivity index (χ1) is 18.0. The maximum Gasteiger partial charge on any atom is 0.390 e. The van der Waals surface area contributed by atoms with Crippen molar-refractivity contribution in [3.8, 4) is 0 Å². The van der Waals surface area contributed by atoms with Gasteiger partial charge in [-0.2, -0.15) is 0 Å². The Bertz CT molecular complexity index is 899. The lowest BCUT2D eigenvalue weighted by Crippen LogP contribution is -2.61. The summed E-state index contributed by atoms with van der Waals surface area (Å²) in [7, 11) is 0. The zero-order chi connectivity index (χ0) is 26.6. The van der Waals surface area contributed by atoms with E-state index in [1.807, 2.05) is 54.6 Å². The van der Waals surface area contributed by atoms with Gasteiger partial charge < -0.3 is 0 Å². The fourth-order valence-electron chi connectivity index (χ4n) is 5.88. The summed E-state index contributed by atoms with van der Waals surface area (Å²) in [6, 6.07) is 28.0. The van der Waals surface area contributed by atoms with Crippen molar-refractivity contribution >= 4 is 0 Å². The summed E-state index contributed by atoms with van der Waals surface area (Å²) >= 11 is 0. The lowest BCUT2D eigenvalue weighted by Gasteiger charge is -2.46. The van der Waals surface area contributed by atoms with Crippen molar-refractivity contribution < 1.29 is 13.3 Å². The van der Waals surface area contributed by atoms with Crippen LogP contribution < -0.4 is 0 Å². The SMILES string of the molecule is CCCC[N+](CCCC)(CCCC)C(F)(F)CCC(c1ccccc1)(c1ccccc1)c1ccccc1. The molecule has 0 bridgehead atoms. The molecule has 0 aromatic heterocycles. The molecule has 0 aliphatic carbocycles. The fraction of sp³-hybridized carbons (Fsp3) is 0.471. The molecule has 1 nitrogen and oxygen atoms in total. The van der Waals surface area contributed by atoms with Crippen LogP contribution in [0.25, 0.3) is 0 Å². The molecule has 0 amide bonds. The molecule has 3 aromatic carbocycles. The molecule has 0 atom stereocenters. The second-order valence-corrected chi connectivity index (χ2v) is 10.5. The van der Waals surface area contributed by atoms with Gasteiger partial charge in [0.25, 0.3) is 0 Å². The average Bonchev–Trinajstić information content (AvgIpc) is 2.95. The highest BCUT2D eigenvalue weighted by atomic mass is 19.3. The van der Waals surface area contributed by atoms with Crippen LogP contribution in [0.5, 0.6) is 0 Å². The van der Waals surface area contributed by atoms with E-state index in [9.17, 15) is 0 Å². The molecule has 3 aromatic rings. The van der Waals surface area contributed by atoms with Crippen LogP contribution in [0.3, 0.4) is 0 Å². The normalized spacial score (nSPS) is 12.6. The Balaban J connectivity index is 2.12. The number of benzene rings is 3. The van der Waals surface area contributed by atoms with E-state index in [0.29, 0.717) is 26.1 Å². The van der Waals surface area contributed by atoms with Crippen LogP contribution >= 0.6 is 0 Å². The minimum atomic E-state index is -2.80. The van der Waals surface area contributed by atoms with Gasteiger partial charge in [-0.15, -0.1) is 8.78 Å². The topological polar surface area (TPSA) is 0 Å². The number of unbranched alkanes of at least 4 members (excludes halogenated alkanes) is 3. The van der Waals surface area contributed by atoms with E-state index < -0.39 is 11.5 Å². The number of quaternary nitrogens is 1. The summed E-state index contributed by atoms with van der Waals surface area (Å²) in [6.07, 6.45) is 5.53. The molecule has 200 valence electrons. The summed E-state index contributed by atoms with van der Waals surface area (Å²) in [4.78, 5) is 0. The molecule has 0 fully saturated rings. The lowest BCUT2D eigenvalue weighted by molar-refractivity contribution is -1.01. The lowest BCUT2D eigenvalue weighted by atomic mass is 9.66. The van der Waals surface area contributed by atoms with Gasteiger partial charge in [0.05, 0.1) is 26.1 Å². The zero-order valence-corrected chi connectivity index (χ0v) is 23.1. The van der Waals surface area contributed by atoms with Crippen LogP contribution in [0.1, 0.15) is 88.8 Å². The first kappa shape index (κ1) is 29.0. The molecule has 3 rings (SSSR count). The number of nitrogens with zero attached hydrogens (tertiary/aromatic N) is 1. The van der Waals surface area contributed by atoms with Gasteiger partial charge in [-0.1, -0.05) is 131 Å². The minimum absolute atomic E-state index is 0.0725. The van der Waals surface area contributed by atoms with E-state index in [0.717, 1.165) is 55.2 Å². The van der Waals surface area contributed by atoms with Crippen LogP contribution in [0.15, 0.2) is 91.0 Å². The third-order valence-electron chi connectivity index (χ3n) is 8.11. The monoisotopic (exact) mass is 506 g/mol. The Morgan fingerprint density at radius 3 is 1.14 bits per heavy atom. The Morgan fingerprint density at radius 2 is 0.838 bits per heavy atom. The molecule has 0 saturated carbocycles. The zero-order valence-electron chi connectivity index (χ0n) is 23.1. The molecule has 0 aliphatic heterocycles. The van der Waals surface area contributed by atoms with Crippen molar-refractivity contribution in [3.63, 3.8) is 0 Å². The standard InChI is InChI=1S/C34H46F2N/c1-4-7-27-37(28-8-5-2,29-9-6-3)34(35,36)26-25-33(30-19-13-10-14-20-30,31-21-15-11-16-22-31)32-23-17-12-18-24-32/h10-24H,4-9,25-29H2,1-3H3/q+1. The van der Waals surface area contributed by atoms with E-state index >= 15 is 8.78 Å². The molecule has 0 N–H and O–H groups in total. The maximum absolute atomic E-state index is 16.8. The molecule has 0 spiro atoms. The van der Waals surface area contributed by atoms with Crippen molar-refractivity contribution in [3.05, 3.63) is 108 Å². The number of hydrogen-bond donors (Lipinski definition) is 0. The van der Waals surface area contributed by atoms with Gasteiger partial charge in [-0.05, 0) is 42.4 Å². The van der Waals surface area contributed by atoms with Gasteiger partial charge in [0, 0.05) is 5.41 Å². The van der Waals surface area contributed by atoms with E-state index in [2.05, 4.69) is 57.2 Å². The number of halogens is 2. The Morgan fingerprint density at radius 1 is 0.514 bits per heavy atom. The van der Waals surface area contributed by atoms with Gasteiger partial charge >= 0.3 is 6.05 Å². The summed E-state index contributed by atoms with van der Waals surface area (Å²) in [5, 5.41) is 0. The van der Waals surface area contributed by atoms with Crippen molar-refractivity contribution in [2.75, 3.05) is 19.6 Å². The van der Waals surface area contributed by atoms with Crippen molar-refractivity contribution in [2.24, 2.45) is 0 Å². The first-order valence-corrected chi connectivity index (χ1v) is 14.4. The molecule has 0 radical (unpaired) electrons. The molecule has 37 heavy (non-hydrogen) atoms. The smallest absolute Gasteiger partial charge is 0.263 e. The molecular formula is C34H46F2N+. The number of alkyl halides is 2. The van der Waals surface area contributed by atoms with E-state index in [1.165, 1.54) is 0 Å². The quantitative estimate of drug-likeness (QED) is 0.103. The van der Waals surface area contributed by atoms with Crippen molar-refractivity contribution in [1.29, 1.82) is 0 Å². The van der Waals surface area contributed by atoms with E-state index in [-0.39, 0.29) is 10.9 Å². The summed E-state index contributed by atoms with van der Waals surface area (Å²) in [6.45, 7) is 7.99. The summed E-state index contributed by atoms with van der Waals surface area (Å²) in [5.41, 5.74) is 2.55. The number of rotatable bonds is 16. The molecule has 3 heteroatoms. The Labute approximate surface area is 224 Å². The van der Waals surface area contributed by atoms with Crippen molar-refractivity contribution in [2.45, 2.75) is 83.6 Å². The van der Waals surface area contributed by atoms with E-state index in [4.69, 9.17) is 0 Å². The highest BCUT2D eigenvalue weighted by molar-refractivity contribution is 5.50. The maximum atomic E-state index is 16.8. The minimum Gasteiger partial charge on any atom is -0.263 e. The largest absolute Gasteiger partial charge is 0.390 e. The van der Waals surface area contributed by atoms with Crippen LogP contribution in [-0.4, -0.2) is 30.2 Å². The second kappa shape index (κ2) is 13.9. The van der Waals surface area contributed by atoms with Gasteiger partial charge in [0.15, 0.2) is 0 Å². The Hall–Kier alpha value is -2.52. The fourth-order valence-corrected chi connectivity index (χ4v) is 5.88. The second-order valence-electron chi connectivity index (χ2n) is 10.5. The number of hydrogen-bond acceptors (Lipinski definition) is 0. The average molecular weight is 507 g/mol. The first-order valence-electron chi connectivity index (χ1n) is 14.4. The molecule has 0 saturated heterocycles. The van der Waals surface area contributed by atoms with Gasteiger partial charge in [0.2, 0.25) is 0 Å². The van der Waals surface area contributed by atoms with Gasteiger partial charge in [0.1, 0.15) is 0 Å². The van der Waals surface area contributed by atoms with Gasteiger partial charge in [-0.25, -0.2) is 0 Å². The Kier molecular flexibility index (Phi) is 10.9. The van der Waals surface area contributed by atoms with Crippen LogP contribution in [0.2, 0.25) is 0 Å². The van der Waals surface area contributed by atoms with Crippen LogP contribution in [0, 0.1) is 0 Å². The van der Waals surface area contributed by atoms with Crippen LogP contribution in [0.4, 0.5) is 8.78 Å². The van der Waals surface area contributed by atoms with Crippen LogP contribution in [-0.2, 0) is 5.41 Å². The highest BCUT2D eigenvalue weighted by Crippen LogP contribution is 2.46. The predicted octanol–water partition coefficient (Wildman–Crippen LogP) is 9.61. The molecular weight excluding hydrogens is 460 g/mol.